The molecule has 1 fully saturated rings. The minimum atomic E-state index is -3.07. The monoisotopic (exact) mass is 337 g/mol. The molecule has 2 aromatic heterocycles. The quantitative estimate of drug-likeness (QED) is 0.827. The van der Waals surface area contributed by atoms with Crippen molar-refractivity contribution in [1.29, 1.82) is 0 Å². The van der Waals surface area contributed by atoms with Crippen LogP contribution in [-0.4, -0.2) is 41.7 Å². The largest absolute Gasteiger partial charge is 0.463 e. The minimum Gasteiger partial charge on any atom is -0.463 e. The Kier molecular flexibility index (Phi) is 4.03. The molecule has 1 aliphatic rings. The van der Waals surface area contributed by atoms with Crippen molar-refractivity contribution in [1.82, 2.24) is 15.1 Å². The Morgan fingerprint density at radius 2 is 2.22 bits per heavy atom. The Hall–Kier alpha value is -2.42. The number of rotatable bonds is 4. The molecule has 0 aromatic carbocycles. The van der Waals surface area contributed by atoms with E-state index in [4.69, 9.17) is 4.42 Å². The number of amides is 1. The van der Waals surface area contributed by atoms with Crippen LogP contribution in [0.5, 0.6) is 0 Å². The first-order valence-electron chi connectivity index (χ1n) is 7.05. The summed E-state index contributed by atoms with van der Waals surface area (Å²) in [5.74, 6) is 0.0526. The summed E-state index contributed by atoms with van der Waals surface area (Å²) in [6, 6.07) is 5.80. The molecule has 1 aliphatic heterocycles. The van der Waals surface area contributed by atoms with Gasteiger partial charge in [0.2, 0.25) is 5.91 Å². The second-order valence-electron chi connectivity index (χ2n) is 5.36. The molecule has 1 N–H and O–H groups in total. The summed E-state index contributed by atoms with van der Waals surface area (Å²) < 4.78 is 29.0. The summed E-state index contributed by atoms with van der Waals surface area (Å²) in [4.78, 5) is 23.8. The van der Waals surface area contributed by atoms with Gasteiger partial charge in [-0.15, -0.1) is 0 Å². The number of carbonyl (C=O) groups is 1. The van der Waals surface area contributed by atoms with Crippen molar-refractivity contribution in [3.05, 3.63) is 40.9 Å². The lowest BCUT2D eigenvalue weighted by Gasteiger charge is -2.11. The zero-order chi connectivity index (χ0) is 16.4. The smallest absolute Gasteiger partial charge is 0.267 e. The highest BCUT2D eigenvalue weighted by Gasteiger charge is 2.28. The predicted molar refractivity (Wildman–Crippen MR) is 81.4 cm³/mol. The van der Waals surface area contributed by atoms with Crippen molar-refractivity contribution >= 4 is 15.7 Å². The van der Waals surface area contributed by atoms with Crippen molar-refractivity contribution in [3.8, 4) is 11.5 Å². The molecule has 0 bridgehead atoms. The molecule has 8 nitrogen and oxygen atoms in total. The molecule has 1 atom stereocenters. The zero-order valence-electron chi connectivity index (χ0n) is 12.1. The van der Waals surface area contributed by atoms with E-state index in [1.54, 1.807) is 12.1 Å². The van der Waals surface area contributed by atoms with Crippen LogP contribution in [0.2, 0.25) is 0 Å². The maximum absolute atomic E-state index is 12.0. The van der Waals surface area contributed by atoms with Gasteiger partial charge in [0.1, 0.15) is 12.2 Å². The Morgan fingerprint density at radius 3 is 2.87 bits per heavy atom. The molecular weight excluding hydrogens is 322 g/mol. The predicted octanol–water partition coefficient (Wildman–Crippen LogP) is -0.193. The van der Waals surface area contributed by atoms with Crippen LogP contribution in [0.15, 0.2) is 39.7 Å². The van der Waals surface area contributed by atoms with E-state index in [0.29, 0.717) is 17.9 Å². The van der Waals surface area contributed by atoms with E-state index in [1.807, 2.05) is 0 Å². The molecule has 2 aromatic rings. The molecule has 9 heteroatoms. The highest BCUT2D eigenvalue weighted by molar-refractivity contribution is 7.91. The molecule has 122 valence electrons. The Balaban J connectivity index is 1.71. The molecule has 0 aliphatic carbocycles. The van der Waals surface area contributed by atoms with Gasteiger partial charge >= 0.3 is 0 Å². The van der Waals surface area contributed by atoms with Crippen LogP contribution in [0.1, 0.15) is 6.42 Å². The van der Waals surface area contributed by atoms with Gasteiger partial charge in [-0.25, -0.2) is 13.1 Å². The normalized spacial score (nSPS) is 19.6. The van der Waals surface area contributed by atoms with Crippen LogP contribution >= 0.6 is 0 Å². The van der Waals surface area contributed by atoms with E-state index < -0.39 is 27.3 Å². The lowest BCUT2D eigenvalue weighted by atomic mass is 10.2. The molecule has 3 heterocycles. The van der Waals surface area contributed by atoms with Crippen LogP contribution in [0.3, 0.4) is 0 Å². The summed E-state index contributed by atoms with van der Waals surface area (Å²) in [5, 5.41) is 6.71. The summed E-state index contributed by atoms with van der Waals surface area (Å²) in [7, 11) is -3.07. The van der Waals surface area contributed by atoms with E-state index in [2.05, 4.69) is 10.4 Å². The van der Waals surface area contributed by atoms with E-state index in [9.17, 15) is 18.0 Å². The average molecular weight is 337 g/mol. The molecule has 1 unspecified atom stereocenters. The summed E-state index contributed by atoms with van der Waals surface area (Å²) >= 11 is 0. The Bertz CT molecular complexity index is 870. The zero-order valence-corrected chi connectivity index (χ0v) is 13.0. The van der Waals surface area contributed by atoms with Crippen LogP contribution in [0.4, 0.5) is 0 Å². The van der Waals surface area contributed by atoms with Gasteiger partial charge in [-0.2, -0.15) is 5.10 Å². The first kappa shape index (κ1) is 15.5. The van der Waals surface area contributed by atoms with Crippen LogP contribution in [0.25, 0.3) is 11.5 Å². The number of nitrogens with zero attached hydrogens (tertiary/aromatic N) is 2. The van der Waals surface area contributed by atoms with Gasteiger partial charge in [-0.05, 0) is 24.6 Å². The summed E-state index contributed by atoms with van der Waals surface area (Å²) in [6.45, 7) is -0.274. The number of hydrogen-bond acceptors (Lipinski definition) is 6. The van der Waals surface area contributed by atoms with Crippen LogP contribution < -0.4 is 10.9 Å². The van der Waals surface area contributed by atoms with Crippen molar-refractivity contribution in [3.63, 3.8) is 0 Å². The van der Waals surface area contributed by atoms with Crippen molar-refractivity contribution in [2.24, 2.45) is 0 Å². The Labute approximate surface area is 132 Å². The summed E-state index contributed by atoms with van der Waals surface area (Å²) in [6.07, 6.45) is 1.88. The third kappa shape index (κ3) is 3.67. The number of carbonyl (C=O) groups excluding carboxylic acids is 1. The van der Waals surface area contributed by atoms with Gasteiger partial charge < -0.3 is 9.73 Å². The van der Waals surface area contributed by atoms with Gasteiger partial charge in [0.05, 0.1) is 17.8 Å². The highest BCUT2D eigenvalue weighted by Crippen LogP contribution is 2.15. The molecule has 1 amide bonds. The van der Waals surface area contributed by atoms with Gasteiger partial charge in [-0.3, -0.25) is 9.59 Å². The molecule has 0 radical (unpaired) electrons. The van der Waals surface area contributed by atoms with Crippen molar-refractivity contribution in [2.75, 3.05) is 11.5 Å². The van der Waals surface area contributed by atoms with Gasteiger partial charge in [-0.1, -0.05) is 0 Å². The molecule has 3 rings (SSSR count). The Morgan fingerprint density at radius 1 is 1.39 bits per heavy atom. The third-order valence-corrected chi connectivity index (χ3v) is 5.30. The highest BCUT2D eigenvalue weighted by atomic mass is 32.2. The van der Waals surface area contributed by atoms with E-state index in [0.717, 1.165) is 4.68 Å². The summed E-state index contributed by atoms with van der Waals surface area (Å²) in [5.41, 5.74) is 0.0142. The maximum atomic E-state index is 12.0. The minimum absolute atomic E-state index is 0.0620. The van der Waals surface area contributed by atoms with Crippen molar-refractivity contribution in [2.45, 2.75) is 19.0 Å². The van der Waals surface area contributed by atoms with E-state index in [-0.39, 0.29) is 18.1 Å². The topological polar surface area (TPSA) is 111 Å². The number of furan rings is 1. The fourth-order valence-corrected chi connectivity index (χ4v) is 4.11. The fraction of sp³-hybridized carbons (Fsp3) is 0.357. The molecule has 1 saturated heterocycles. The maximum Gasteiger partial charge on any atom is 0.267 e. The first-order chi connectivity index (χ1) is 10.9. The third-order valence-electron chi connectivity index (χ3n) is 3.53. The van der Waals surface area contributed by atoms with Crippen LogP contribution in [-0.2, 0) is 21.2 Å². The van der Waals surface area contributed by atoms with E-state index >= 15 is 0 Å². The SMILES string of the molecule is O=C(Cn1nc(-c2ccco2)ccc1=O)NC1CCS(=O)(=O)C1. The number of nitrogens with one attached hydrogen (secondary N) is 1. The average Bonchev–Trinajstić information content (AvgIpc) is 3.11. The molecule has 0 saturated carbocycles. The van der Waals surface area contributed by atoms with Gasteiger partial charge in [0.15, 0.2) is 15.6 Å². The fourth-order valence-electron chi connectivity index (χ4n) is 2.44. The molecular formula is C14H15N3O5S. The second kappa shape index (κ2) is 5.99. The molecule has 23 heavy (non-hydrogen) atoms. The van der Waals surface area contributed by atoms with Gasteiger partial charge in [0, 0.05) is 12.1 Å². The van der Waals surface area contributed by atoms with Crippen molar-refractivity contribution < 1.29 is 17.6 Å². The first-order valence-corrected chi connectivity index (χ1v) is 8.87. The second-order valence-corrected chi connectivity index (χ2v) is 7.59. The van der Waals surface area contributed by atoms with Crippen LogP contribution in [0, 0.1) is 0 Å². The number of hydrogen-bond donors (Lipinski definition) is 1. The lowest BCUT2D eigenvalue weighted by Crippen LogP contribution is -2.40. The standard InChI is InChI=1S/C14H15N3O5S/c18-13(15-10-5-7-23(20,21)9-10)8-17-14(19)4-3-11(16-17)12-2-1-6-22-12/h1-4,6,10H,5,7-9H2,(H,15,18). The van der Waals surface area contributed by atoms with Gasteiger partial charge in [0.25, 0.3) is 5.56 Å². The number of sulfone groups is 1. The molecule has 0 spiro atoms. The van der Waals surface area contributed by atoms with E-state index in [1.165, 1.54) is 18.4 Å². The number of aromatic nitrogens is 2. The lowest BCUT2D eigenvalue weighted by molar-refractivity contribution is -0.122.